The maximum Gasteiger partial charge on any atom is 0.0642 e. The van der Waals surface area contributed by atoms with Crippen LogP contribution in [0.2, 0.25) is 0 Å². The third kappa shape index (κ3) is 3.24. The van der Waals surface area contributed by atoms with Crippen LogP contribution in [0, 0.1) is 11.3 Å². The van der Waals surface area contributed by atoms with Gasteiger partial charge < -0.3 is 5.11 Å². The van der Waals surface area contributed by atoms with Gasteiger partial charge in [-0.05, 0) is 31.6 Å². The molecule has 0 aliphatic heterocycles. The fourth-order valence-corrected chi connectivity index (χ4v) is 1.27. The van der Waals surface area contributed by atoms with Gasteiger partial charge in [0.2, 0.25) is 0 Å². The van der Waals surface area contributed by atoms with Crippen molar-refractivity contribution in [2.45, 2.75) is 53.6 Å². The fraction of sp³-hybridized carbons (Fsp3) is 1.00. The van der Waals surface area contributed by atoms with Crippen molar-refractivity contribution in [2.24, 2.45) is 11.3 Å². The summed E-state index contributed by atoms with van der Waals surface area (Å²) in [5.74, 6) is 0.649. The van der Waals surface area contributed by atoms with E-state index in [1.54, 1.807) is 0 Å². The van der Waals surface area contributed by atoms with Crippen LogP contribution in [-0.4, -0.2) is 10.7 Å². The molecule has 0 spiro atoms. The minimum absolute atomic E-state index is 0.0150. The molecule has 68 valence electrons. The standard InChI is InChI=1S/C10H22O/c1-8(2)7-9(3,4)10(5,6)11/h8,11H,7H2,1-6H3. The van der Waals surface area contributed by atoms with Gasteiger partial charge in [0, 0.05) is 0 Å². The summed E-state index contributed by atoms with van der Waals surface area (Å²) in [7, 11) is 0. The summed E-state index contributed by atoms with van der Waals surface area (Å²) in [6, 6.07) is 0. The van der Waals surface area contributed by atoms with E-state index < -0.39 is 5.60 Å². The summed E-state index contributed by atoms with van der Waals surface area (Å²) >= 11 is 0. The molecule has 0 atom stereocenters. The summed E-state index contributed by atoms with van der Waals surface area (Å²) < 4.78 is 0. The first-order valence-electron chi connectivity index (χ1n) is 4.39. The summed E-state index contributed by atoms with van der Waals surface area (Å²) in [5.41, 5.74) is -0.557. The molecule has 0 unspecified atom stereocenters. The predicted octanol–water partition coefficient (Wildman–Crippen LogP) is 2.83. The van der Waals surface area contributed by atoms with Crippen molar-refractivity contribution >= 4 is 0 Å². The van der Waals surface area contributed by atoms with E-state index in [0.29, 0.717) is 5.92 Å². The second-order valence-electron chi connectivity index (χ2n) is 5.04. The largest absolute Gasteiger partial charge is 0.390 e. The van der Waals surface area contributed by atoms with Gasteiger partial charge in [0.25, 0.3) is 0 Å². The molecule has 0 heterocycles. The first-order valence-corrected chi connectivity index (χ1v) is 4.39. The molecule has 0 fully saturated rings. The van der Waals surface area contributed by atoms with Gasteiger partial charge in [-0.25, -0.2) is 0 Å². The quantitative estimate of drug-likeness (QED) is 0.669. The van der Waals surface area contributed by atoms with Gasteiger partial charge in [0.15, 0.2) is 0 Å². The Balaban J connectivity index is 4.22. The van der Waals surface area contributed by atoms with Crippen molar-refractivity contribution in [1.29, 1.82) is 0 Å². The Morgan fingerprint density at radius 1 is 1.09 bits per heavy atom. The van der Waals surface area contributed by atoms with E-state index in [4.69, 9.17) is 0 Å². The van der Waals surface area contributed by atoms with Gasteiger partial charge in [0.1, 0.15) is 0 Å². The highest BCUT2D eigenvalue weighted by atomic mass is 16.3. The van der Waals surface area contributed by atoms with Crippen LogP contribution in [0.1, 0.15) is 48.0 Å². The summed E-state index contributed by atoms with van der Waals surface area (Å²) in [6.07, 6.45) is 1.07. The molecule has 0 aromatic heterocycles. The zero-order valence-corrected chi connectivity index (χ0v) is 8.73. The predicted molar refractivity (Wildman–Crippen MR) is 49.5 cm³/mol. The molecule has 0 aromatic rings. The lowest BCUT2D eigenvalue weighted by atomic mass is 9.72. The first-order chi connectivity index (χ1) is 4.67. The lowest BCUT2D eigenvalue weighted by Crippen LogP contribution is -2.39. The molecule has 1 nitrogen and oxygen atoms in total. The second-order valence-corrected chi connectivity index (χ2v) is 5.04. The van der Waals surface area contributed by atoms with Crippen LogP contribution < -0.4 is 0 Å². The monoisotopic (exact) mass is 158 g/mol. The van der Waals surface area contributed by atoms with Crippen LogP contribution in [0.5, 0.6) is 0 Å². The van der Waals surface area contributed by atoms with Crippen molar-refractivity contribution in [3.05, 3.63) is 0 Å². The average Bonchev–Trinajstić information content (AvgIpc) is 1.56. The van der Waals surface area contributed by atoms with Crippen molar-refractivity contribution < 1.29 is 5.11 Å². The van der Waals surface area contributed by atoms with Gasteiger partial charge in [-0.15, -0.1) is 0 Å². The van der Waals surface area contributed by atoms with E-state index in [9.17, 15) is 5.11 Å². The normalized spacial score (nSPS) is 14.2. The van der Waals surface area contributed by atoms with Crippen LogP contribution in [0.15, 0.2) is 0 Å². The molecule has 0 aliphatic rings. The highest BCUT2D eigenvalue weighted by Crippen LogP contribution is 2.36. The Labute approximate surface area is 70.8 Å². The van der Waals surface area contributed by atoms with E-state index in [1.807, 2.05) is 13.8 Å². The van der Waals surface area contributed by atoms with Crippen molar-refractivity contribution in [3.63, 3.8) is 0 Å². The molecule has 1 N–H and O–H groups in total. The first kappa shape index (κ1) is 11.0. The lowest BCUT2D eigenvalue weighted by Gasteiger charge is -2.38. The van der Waals surface area contributed by atoms with Gasteiger partial charge in [-0.3, -0.25) is 0 Å². The molecule has 0 amide bonds. The van der Waals surface area contributed by atoms with E-state index in [0.717, 1.165) is 6.42 Å². The number of rotatable bonds is 3. The molecule has 0 aliphatic carbocycles. The minimum Gasteiger partial charge on any atom is -0.390 e. The Kier molecular flexibility index (Phi) is 3.13. The average molecular weight is 158 g/mol. The van der Waals surface area contributed by atoms with Crippen molar-refractivity contribution in [3.8, 4) is 0 Å². The van der Waals surface area contributed by atoms with E-state index >= 15 is 0 Å². The van der Waals surface area contributed by atoms with Crippen molar-refractivity contribution in [1.82, 2.24) is 0 Å². The molecule has 1 heteroatoms. The highest BCUT2D eigenvalue weighted by Gasteiger charge is 2.34. The SMILES string of the molecule is CC(C)CC(C)(C)C(C)(C)O. The van der Waals surface area contributed by atoms with Crippen LogP contribution in [0.4, 0.5) is 0 Å². The molecule has 0 aromatic carbocycles. The Hall–Kier alpha value is -0.0400. The molecule has 11 heavy (non-hydrogen) atoms. The molecular formula is C10H22O. The Morgan fingerprint density at radius 2 is 1.45 bits per heavy atom. The third-order valence-electron chi connectivity index (χ3n) is 2.57. The fourth-order valence-electron chi connectivity index (χ4n) is 1.27. The summed E-state index contributed by atoms with van der Waals surface area (Å²) in [6.45, 7) is 12.4. The maximum absolute atomic E-state index is 9.79. The zero-order chi connectivity index (χ0) is 9.28. The third-order valence-corrected chi connectivity index (χ3v) is 2.57. The Bertz CT molecular complexity index is 117. The summed E-state index contributed by atoms with van der Waals surface area (Å²) in [5, 5.41) is 9.79. The maximum atomic E-state index is 9.79. The van der Waals surface area contributed by atoms with Gasteiger partial charge >= 0.3 is 0 Å². The molecule has 0 bridgehead atoms. The van der Waals surface area contributed by atoms with Gasteiger partial charge in [-0.1, -0.05) is 27.7 Å². The van der Waals surface area contributed by atoms with Crippen LogP contribution in [-0.2, 0) is 0 Å². The molecular weight excluding hydrogens is 136 g/mol. The van der Waals surface area contributed by atoms with E-state index in [-0.39, 0.29) is 5.41 Å². The Morgan fingerprint density at radius 3 is 1.55 bits per heavy atom. The highest BCUT2D eigenvalue weighted by molar-refractivity contribution is 4.86. The second kappa shape index (κ2) is 3.14. The van der Waals surface area contributed by atoms with E-state index in [2.05, 4.69) is 27.7 Å². The van der Waals surface area contributed by atoms with Gasteiger partial charge in [0.05, 0.1) is 5.60 Å². The van der Waals surface area contributed by atoms with Crippen LogP contribution in [0.25, 0.3) is 0 Å². The van der Waals surface area contributed by atoms with Crippen molar-refractivity contribution in [2.75, 3.05) is 0 Å². The zero-order valence-electron chi connectivity index (χ0n) is 8.73. The van der Waals surface area contributed by atoms with Crippen LogP contribution in [0.3, 0.4) is 0 Å². The molecule has 0 saturated heterocycles. The topological polar surface area (TPSA) is 20.2 Å². The molecule has 0 radical (unpaired) electrons. The number of aliphatic hydroxyl groups is 1. The molecule has 0 saturated carbocycles. The minimum atomic E-state index is -0.572. The smallest absolute Gasteiger partial charge is 0.0642 e. The lowest BCUT2D eigenvalue weighted by molar-refractivity contribution is -0.0454. The number of hydrogen-bond acceptors (Lipinski definition) is 1. The van der Waals surface area contributed by atoms with Crippen LogP contribution >= 0.6 is 0 Å². The van der Waals surface area contributed by atoms with E-state index in [1.165, 1.54) is 0 Å². The molecule has 0 rings (SSSR count). The summed E-state index contributed by atoms with van der Waals surface area (Å²) in [4.78, 5) is 0. The van der Waals surface area contributed by atoms with Gasteiger partial charge in [-0.2, -0.15) is 0 Å². The number of hydrogen-bond donors (Lipinski definition) is 1.